The lowest BCUT2D eigenvalue weighted by Gasteiger charge is -2.16. The maximum atomic E-state index is 13.7. The number of benzene rings is 1. The Hall–Kier alpha value is -2.96. The Kier molecular flexibility index (Phi) is 4.16. The van der Waals surface area contributed by atoms with E-state index in [1.807, 2.05) is 17.8 Å². The zero-order chi connectivity index (χ0) is 17.3. The summed E-state index contributed by atoms with van der Waals surface area (Å²) >= 11 is 0. The van der Waals surface area contributed by atoms with Crippen molar-refractivity contribution in [2.75, 3.05) is 5.32 Å². The van der Waals surface area contributed by atoms with E-state index in [4.69, 9.17) is 0 Å². The van der Waals surface area contributed by atoms with Gasteiger partial charge in [-0.2, -0.15) is 0 Å². The lowest BCUT2D eigenvalue weighted by molar-refractivity contribution is -0.136. The smallest absolute Gasteiger partial charge is 0.307 e. The molecule has 0 radical (unpaired) electrons. The molecule has 7 heteroatoms. The summed E-state index contributed by atoms with van der Waals surface area (Å²) in [6, 6.07) is 4.30. The summed E-state index contributed by atoms with van der Waals surface area (Å²) in [5.74, 6) is -0.569. The zero-order valence-corrected chi connectivity index (χ0v) is 13.4. The number of nitrogens with one attached hydrogen (secondary N) is 1. The molecule has 0 fully saturated rings. The highest BCUT2D eigenvalue weighted by molar-refractivity contribution is 5.94. The number of aryl methyl sites for hydroxylation is 2. The molecular formula is C17H17FN4O2. The fourth-order valence-electron chi connectivity index (χ4n) is 2.70. The van der Waals surface area contributed by atoms with Crippen LogP contribution in [0.15, 0.2) is 30.6 Å². The van der Waals surface area contributed by atoms with E-state index in [2.05, 4.69) is 15.3 Å². The van der Waals surface area contributed by atoms with Gasteiger partial charge in [-0.25, -0.2) is 9.37 Å². The monoisotopic (exact) mass is 328 g/mol. The van der Waals surface area contributed by atoms with Crippen LogP contribution in [0.25, 0.3) is 10.9 Å². The summed E-state index contributed by atoms with van der Waals surface area (Å²) < 4.78 is 15.6. The molecule has 0 spiro atoms. The molecule has 24 heavy (non-hydrogen) atoms. The van der Waals surface area contributed by atoms with Gasteiger partial charge in [-0.3, -0.25) is 9.78 Å². The topological polar surface area (TPSA) is 80.0 Å². The van der Waals surface area contributed by atoms with Crippen molar-refractivity contribution in [3.05, 3.63) is 53.5 Å². The second kappa shape index (κ2) is 6.27. The van der Waals surface area contributed by atoms with E-state index >= 15 is 0 Å². The van der Waals surface area contributed by atoms with Crippen molar-refractivity contribution in [1.82, 2.24) is 14.5 Å². The minimum Gasteiger partial charge on any atom is -0.481 e. The maximum Gasteiger partial charge on any atom is 0.307 e. The van der Waals surface area contributed by atoms with E-state index in [1.165, 1.54) is 12.1 Å². The summed E-state index contributed by atoms with van der Waals surface area (Å²) in [7, 11) is 1.87. The predicted octanol–water partition coefficient (Wildman–Crippen LogP) is 2.66. The molecule has 2 N–H and O–H groups in total. The van der Waals surface area contributed by atoms with Crippen molar-refractivity contribution < 1.29 is 14.3 Å². The number of hydrogen-bond acceptors (Lipinski definition) is 4. The Morgan fingerprint density at radius 1 is 1.42 bits per heavy atom. The number of fused-ring (bicyclic) bond motifs is 1. The Morgan fingerprint density at radius 3 is 2.88 bits per heavy atom. The molecule has 3 aromatic rings. The second-order valence-electron chi connectivity index (χ2n) is 5.59. The third-order valence-electron chi connectivity index (χ3n) is 3.93. The largest absolute Gasteiger partial charge is 0.481 e. The van der Waals surface area contributed by atoms with Gasteiger partial charge < -0.3 is 15.0 Å². The van der Waals surface area contributed by atoms with Crippen molar-refractivity contribution in [3.8, 4) is 0 Å². The third kappa shape index (κ3) is 3.05. The van der Waals surface area contributed by atoms with Crippen LogP contribution in [-0.2, 0) is 24.8 Å². The fourth-order valence-corrected chi connectivity index (χ4v) is 2.70. The molecule has 0 aliphatic rings. The Morgan fingerprint density at radius 2 is 2.21 bits per heavy atom. The molecule has 0 atom stereocenters. The van der Waals surface area contributed by atoms with E-state index in [9.17, 15) is 14.3 Å². The molecule has 0 amide bonds. The maximum absolute atomic E-state index is 13.7. The highest BCUT2D eigenvalue weighted by Gasteiger charge is 2.16. The van der Waals surface area contributed by atoms with Gasteiger partial charge in [-0.15, -0.1) is 0 Å². The second-order valence-corrected chi connectivity index (χ2v) is 5.59. The predicted molar refractivity (Wildman–Crippen MR) is 88.3 cm³/mol. The molecule has 3 rings (SSSR count). The molecule has 6 nitrogen and oxygen atoms in total. The molecule has 2 aromatic heterocycles. The van der Waals surface area contributed by atoms with E-state index < -0.39 is 11.8 Å². The highest BCUT2D eigenvalue weighted by atomic mass is 19.1. The first-order valence-electron chi connectivity index (χ1n) is 7.46. The van der Waals surface area contributed by atoms with E-state index in [1.54, 1.807) is 19.2 Å². The van der Waals surface area contributed by atoms with Gasteiger partial charge in [-0.05, 0) is 25.1 Å². The number of imidazole rings is 1. The van der Waals surface area contributed by atoms with Crippen LogP contribution in [0.2, 0.25) is 0 Å². The normalized spacial score (nSPS) is 11.0. The molecule has 0 saturated carbocycles. The van der Waals surface area contributed by atoms with Crippen LogP contribution < -0.4 is 5.32 Å². The number of halogens is 1. The van der Waals surface area contributed by atoms with Crippen LogP contribution in [0.1, 0.15) is 17.1 Å². The van der Waals surface area contributed by atoms with Crippen molar-refractivity contribution >= 4 is 22.6 Å². The molecule has 0 unspecified atom stereocenters. The fraction of sp³-hybridized carbons (Fsp3) is 0.235. The molecule has 0 aliphatic heterocycles. The SMILES string of the molecule is Cc1nc2ccc(F)cc2c(NCc2nccn2C)c1CC(=O)O. The van der Waals surface area contributed by atoms with Crippen molar-refractivity contribution in [1.29, 1.82) is 0 Å². The van der Waals surface area contributed by atoms with Gasteiger partial charge in [0.2, 0.25) is 0 Å². The molecule has 0 aliphatic carbocycles. The first-order valence-corrected chi connectivity index (χ1v) is 7.46. The van der Waals surface area contributed by atoms with Crippen molar-refractivity contribution in [2.24, 2.45) is 7.05 Å². The van der Waals surface area contributed by atoms with Crippen molar-refractivity contribution in [2.45, 2.75) is 19.9 Å². The number of pyridine rings is 1. The number of nitrogens with zero attached hydrogens (tertiary/aromatic N) is 3. The third-order valence-corrected chi connectivity index (χ3v) is 3.93. The minimum absolute atomic E-state index is 0.186. The van der Waals surface area contributed by atoms with Gasteiger partial charge in [0, 0.05) is 41.8 Å². The van der Waals surface area contributed by atoms with Crippen LogP contribution in [0.5, 0.6) is 0 Å². The number of carbonyl (C=O) groups is 1. The number of carboxylic acid groups (broad SMARTS) is 1. The summed E-state index contributed by atoms with van der Waals surface area (Å²) in [6.07, 6.45) is 3.32. The Labute approximate surface area is 138 Å². The number of aromatic nitrogens is 3. The van der Waals surface area contributed by atoms with Gasteiger partial charge >= 0.3 is 5.97 Å². The van der Waals surface area contributed by atoms with E-state index in [0.717, 1.165) is 5.82 Å². The quantitative estimate of drug-likeness (QED) is 0.753. The minimum atomic E-state index is -0.962. The van der Waals surface area contributed by atoms with Crippen LogP contribution >= 0.6 is 0 Å². The summed E-state index contributed by atoms with van der Waals surface area (Å²) in [6.45, 7) is 2.15. The molecule has 2 heterocycles. The van der Waals surface area contributed by atoms with Gasteiger partial charge in [0.15, 0.2) is 0 Å². The Balaban J connectivity index is 2.11. The lowest BCUT2D eigenvalue weighted by atomic mass is 10.0. The van der Waals surface area contributed by atoms with Gasteiger partial charge in [-0.1, -0.05) is 0 Å². The van der Waals surface area contributed by atoms with Crippen LogP contribution in [-0.4, -0.2) is 25.6 Å². The van der Waals surface area contributed by atoms with Crippen LogP contribution in [0.4, 0.5) is 10.1 Å². The number of rotatable bonds is 5. The van der Waals surface area contributed by atoms with E-state index in [0.29, 0.717) is 34.4 Å². The highest BCUT2D eigenvalue weighted by Crippen LogP contribution is 2.30. The first kappa shape index (κ1) is 15.9. The lowest BCUT2D eigenvalue weighted by Crippen LogP contribution is -2.12. The standard InChI is InChI=1S/C17H17FN4O2/c1-10-12(8-16(23)24)17(20-9-15-19-5-6-22(15)2)13-7-11(18)3-4-14(13)21-10/h3-7H,8-9H2,1-2H3,(H,20,21)(H,23,24). The van der Waals surface area contributed by atoms with Gasteiger partial charge in [0.05, 0.1) is 18.5 Å². The average Bonchev–Trinajstić information content (AvgIpc) is 2.92. The zero-order valence-electron chi connectivity index (χ0n) is 13.4. The average molecular weight is 328 g/mol. The van der Waals surface area contributed by atoms with Crippen LogP contribution in [0, 0.1) is 12.7 Å². The number of carboxylic acids is 1. The molecular weight excluding hydrogens is 311 g/mol. The molecule has 124 valence electrons. The number of anilines is 1. The first-order chi connectivity index (χ1) is 11.5. The molecule has 0 saturated heterocycles. The van der Waals surface area contributed by atoms with Gasteiger partial charge in [0.1, 0.15) is 11.6 Å². The summed E-state index contributed by atoms with van der Waals surface area (Å²) in [4.78, 5) is 19.9. The Bertz CT molecular complexity index is 920. The molecule has 0 bridgehead atoms. The number of aliphatic carboxylic acids is 1. The van der Waals surface area contributed by atoms with Crippen LogP contribution in [0.3, 0.4) is 0 Å². The summed E-state index contributed by atoms with van der Waals surface area (Å²) in [5, 5.41) is 13.0. The van der Waals surface area contributed by atoms with E-state index in [-0.39, 0.29) is 6.42 Å². The number of hydrogen-bond donors (Lipinski definition) is 2. The van der Waals surface area contributed by atoms with Gasteiger partial charge in [0.25, 0.3) is 0 Å². The summed E-state index contributed by atoms with van der Waals surface area (Å²) in [5.41, 5.74) is 2.36. The molecule has 1 aromatic carbocycles. The van der Waals surface area contributed by atoms with Crippen molar-refractivity contribution in [3.63, 3.8) is 0 Å².